The van der Waals surface area contributed by atoms with Gasteiger partial charge in [0.15, 0.2) is 0 Å². The highest BCUT2D eigenvalue weighted by Gasteiger charge is 2.78. The lowest BCUT2D eigenvalue weighted by Gasteiger charge is -2.69. The van der Waals surface area contributed by atoms with Crippen molar-refractivity contribution in [2.45, 2.75) is 209 Å². The number of guanidine groups is 2. The Morgan fingerprint density at radius 1 is 0.465 bits per heavy atom. The van der Waals surface area contributed by atoms with Gasteiger partial charge < -0.3 is 18.9 Å². The van der Waals surface area contributed by atoms with Gasteiger partial charge in [-0.15, -0.1) is 0 Å². The van der Waals surface area contributed by atoms with Crippen LogP contribution in [0, 0.1) is 10.8 Å². The maximum Gasteiger partial charge on any atom is 0.352 e. The second-order valence-electron chi connectivity index (χ2n) is 32.1. The Morgan fingerprint density at radius 2 is 0.859 bits per heavy atom. The van der Waals surface area contributed by atoms with Crippen LogP contribution in [0.4, 0.5) is 22.7 Å². The summed E-state index contributed by atoms with van der Waals surface area (Å²) in [5.41, 5.74) is 9.66. The molecule has 8 aromatic rings. The lowest BCUT2D eigenvalue weighted by Crippen LogP contribution is -2.84. The Morgan fingerprint density at radius 3 is 1.33 bits per heavy atom. The molecule has 3 fully saturated rings. The standard InChI is InChI=1S/C85H100N6O6P2/c1-51(2)60-35-27-36-61(52(3)4)76(60)86-80-88(84(92,90(80)78-64(55(9)10)39-29-40-65(78)56(11)12)98(93)74-45-25-21-33-70(74)68-31-19-23-43-72(68)96-98)50-83(18)48-59(47-82(16,17)49-83)89-81(87-77-62(53(5)6)37-28-38-63(77)54(7)8)91-79-66(57(13)14)41-30-42-67(79)58(15)95-85(89,91)99(94)75-46-26-22-34-71(75)69-32-20-24-44-73(69)97-99/h19-46,51-59,92H,47-50H2,1-18H3/b86-80+,87-81+. The highest BCUT2D eigenvalue weighted by Crippen LogP contribution is 2.75. The van der Waals surface area contributed by atoms with E-state index in [0.717, 1.165) is 89.5 Å². The molecule has 0 bridgehead atoms. The van der Waals surface area contributed by atoms with Crippen LogP contribution >= 0.6 is 14.7 Å². The Balaban J connectivity index is 1.05. The highest BCUT2D eigenvalue weighted by molar-refractivity contribution is 7.70. The first-order valence-corrected chi connectivity index (χ1v) is 39.5. The summed E-state index contributed by atoms with van der Waals surface area (Å²) in [6.45, 7) is 40.3. The SMILES string of the molecule is CC(C)c1cccc(C(C)C)c1/N=C1\N(CC2(C)CC(N3/C(=N\c4c(C(C)C)cccc4C(C)C)N4c5c(C(C)C)cccc5C(C)OC43P3(=O)Oc4ccccc4-c4ccccc43)CC(C)(C)C2)C(O)(P2(=O)Oc3ccccc3-c3ccccc32)N1c1c(C(C)C)cccc1C(C)C. The Kier molecular flexibility index (Phi) is 17.2. The molecular weight excluding hydrogens is 1260 g/mol. The van der Waals surface area contributed by atoms with Crippen LogP contribution in [-0.4, -0.2) is 50.6 Å². The predicted molar refractivity (Wildman–Crippen MR) is 408 cm³/mol. The number of rotatable bonds is 15. The molecule has 2 saturated heterocycles. The Hall–Kier alpha value is -7.72. The van der Waals surface area contributed by atoms with E-state index in [-0.39, 0.29) is 48.0 Å². The number of benzene rings is 8. The summed E-state index contributed by atoms with van der Waals surface area (Å²) in [6, 6.07) is 57.0. The van der Waals surface area contributed by atoms with E-state index in [1.54, 1.807) is 0 Å². The van der Waals surface area contributed by atoms with E-state index in [1.165, 1.54) is 0 Å². The molecule has 1 N–H and O–H groups in total. The third kappa shape index (κ3) is 10.5. The van der Waals surface area contributed by atoms with Crippen LogP contribution in [0.1, 0.15) is 236 Å². The lowest BCUT2D eigenvalue weighted by atomic mass is 9.62. The molecule has 1 aliphatic carbocycles. The number of aliphatic imine (C=N–C) groups is 2. The molecule has 12 nitrogen and oxygen atoms in total. The van der Waals surface area contributed by atoms with Gasteiger partial charge >= 0.3 is 25.9 Å². The van der Waals surface area contributed by atoms with E-state index < -0.39 is 48.9 Å². The van der Waals surface area contributed by atoms with Crippen LogP contribution in [0.25, 0.3) is 22.3 Å². The molecule has 5 aliphatic heterocycles. The number of hydrogen-bond donors (Lipinski definition) is 1. The first-order valence-electron chi connectivity index (χ1n) is 36.2. The number of fused-ring (bicyclic) bond motifs is 9. The summed E-state index contributed by atoms with van der Waals surface area (Å²) in [5.74, 6) is 2.45. The van der Waals surface area contributed by atoms with Gasteiger partial charge in [-0.25, -0.2) is 9.98 Å². The van der Waals surface area contributed by atoms with Crippen LogP contribution < -0.4 is 29.5 Å². The smallest absolute Gasteiger partial charge is 0.352 e. The number of aliphatic hydroxyl groups is 1. The molecule has 7 atom stereocenters. The quantitative estimate of drug-likeness (QED) is 0.0994. The van der Waals surface area contributed by atoms with Crippen molar-refractivity contribution < 1.29 is 28.0 Å². The molecule has 6 aliphatic rings. The molecule has 1 saturated carbocycles. The zero-order valence-electron chi connectivity index (χ0n) is 61.3. The van der Waals surface area contributed by atoms with Gasteiger partial charge in [0.2, 0.25) is 11.9 Å². The minimum Gasteiger partial charge on any atom is -0.435 e. The summed E-state index contributed by atoms with van der Waals surface area (Å²) in [7, 11) is -9.01. The van der Waals surface area contributed by atoms with Crippen LogP contribution in [0.15, 0.2) is 180 Å². The summed E-state index contributed by atoms with van der Waals surface area (Å²) >= 11 is 0. The average Bonchev–Trinajstić information content (AvgIpc) is 0.656. The fourth-order valence-corrected chi connectivity index (χ4v) is 23.4. The van der Waals surface area contributed by atoms with E-state index in [9.17, 15) is 0 Å². The second-order valence-corrected chi connectivity index (χ2v) is 36.9. The van der Waals surface area contributed by atoms with Gasteiger partial charge in [-0.05, 0) is 153 Å². The van der Waals surface area contributed by atoms with Crippen molar-refractivity contribution in [3.63, 3.8) is 0 Å². The predicted octanol–water partition coefficient (Wildman–Crippen LogP) is 22.1. The number of nitrogens with zero attached hydrogens (tertiary/aromatic N) is 6. The first-order chi connectivity index (χ1) is 47.0. The summed E-state index contributed by atoms with van der Waals surface area (Å²) in [4.78, 5) is 20.6. The average molecular weight is 1360 g/mol. The molecule has 0 amide bonds. The van der Waals surface area contributed by atoms with E-state index in [2.05, 4.69) is 219 Å². The molecule has 0 spiro atoms. The largest absolute Gasteiger partial charge is 0.435 e. The minimum atomic E-state index is -4.62. The topological polar surface area (TPSA) is 120 Å². The Bertz CT molecular complexity index is 4590. The normalized spacial score (nSPS) is 25.9. The molecule has 8 aromatic carbocycles. The first kappa shape index (κ1) is 68.4. The summed E-state index contributed by atoms with van der Waals surface area (Å²) in [5, 5.41) is 16.5. The van der Waals surface area contributed by atoms with Gasteiger partial charge in [0.25, 0.3) is 0 Å². The Labute approximate surface area is 588 Å². The van der Waals surface area contributed by atoms with E-state index in [4.69, 9.17) is 23.8 Å². The molecule has 0 radical (unpaired) electrons. The molecule has 99 heavy (non-hydrogen) atoms. The van der Waals surface area contributed by atoms with Crippen molar-refractivity contribution in [2.75, 3.05) is 16.3 Å². The number of ether oxygens (including phenoxy) is 1. The number of para-hydroxylation sites is 6. The minimum absolute atomic E-state index is 0.0245. The van der Waals surface area contributed by atoms with Crippen molar-refractivity contribution >= 4 is 60.0 Å². The molecule has 14 heteroatoms. The van der Waals surface area contributed by atoms with Gasteiger partial charge in [-0.2, -0.15) is 0 Å². The van der Waals surface area contributed by atoms with Crippen molar-refractivity contribution in [3.05, 3.63) is 214 Å². The van der Waals surface area contributed by atoms with Gasteiger partial charge in [0.1, 0.15) is 11.5 Å². The molecular formula is C85H100N6O6P2. The molecule has 5 heterocycles. The van der Waals surface area contributed by atoms with Crippen LogP contribution in [0.3, 0.4) is 0 Å². The summed E-state index contributed by atoms with van der Waals surface area (Å²) in [6.07, 6.45) is 1.22. The molecule has 7 unspecified atom stereocenters. The monoisotopic (exact) mass is 1360 g/mol. The van der Waals surface area contributed by atoms with Gasteiger partial charge in [-0.1, -0.05) is 263 Å². The second kappa shape index (κ2) is 24.8. The van der Waals surface area contributed by atoms with Gasteiger partial charge in [0.05, 0.1) is 39.5 Å². The van der Waals surface area contributed by atoms with Crippen molar-refractivity contribution in [2.24, 2.45) is 20.8 Å². The summed E-state index contributed by atoms with van der Waals surface area (Å²) < 4.78 is 59.1. The zero-order valence-corrected chi connectivity index (χ0v) is 63.0. The van der Waals surface area contributed by atoms with E-state index >= 15 is 14.2 Å². The third-order valence-corrected chi connectivity index (χ3v) is 27.3. The van der Waals surface area contributed by atoms with Crippen LogP contribution in [0.2, 0.25) is 0 Å². The number of hydrogen-bond acceptors (Lipinski definition) is 8. The molecule has 0 aromatic heterocycles. The van der Waals surface area contributed by atoms with E-state index in [1.807, 2.05) is 94.7 Å². The lowest BCUT2D eigenvalue weighted by molar-refractivity contribution is -0.165. The van der Waals surface area contributed by atoms with Crippen molar-refractivity contribution in [3.8, 4) is 33.8 Å². The zero-order chi connectivity index (χ0) is 70.4. The third-order valence-electron chi connectivity index (χ3n) is 21.9. The number of anilines is 2. The van der Waals surface area contributed by atoms with E-state index in [0.29, 0.717) is 53.3 Å². The fourth-order valence-electron chi connectivity index (χ4n) is 17.6. The highest BCUT2D eigenvalue weighted by atomic mass is 31.2. The molecule has 516 valence electrons. The van der Waals surface area contributed by atoms with Gasteiger partial charge in [-0.3, -0.25) is 28.7 Å². The maximum absolute atomic E-state index is 18.3. The van der Waals surface area contributed by atoms with Crippen LogP contribution in [0.5, 0.6) is 11.5 Å². The van der Waals surface area contributed by atoms with Crippen molar-refractivity contribution in [1.29, 1.82) is 0 Å². The van der Waals surface area contributed by atoms with Crippen LogP contribution in [-0.2, 0) is 13.9 Å². The maximum atomic E-state index is 18.3. The molecule has 14 rings (SSSR count). The van der Waals surface area contributed by atoms with Gasteiger partial charge in [0, 0.05) is 29.3 Å². The fraction of sp³-hybridized carbons (Fsp3) is 0.412. The van der Waals surface area contributed by atoms with Crippen molar-refractivity contribution in [1.82, 2.24) is 9.80 Å².